The maximum absolute atomic E-state index is 13.0. The van der Waals surface area contributed by atoms with Gasteiger partial charge in [0.2, 0.25) is 17.6 Å². The molecule has 158 valence electrons. The third kappa shape index (κ3) is 4.89. The van der Waals surface area contributed by atoms with Crippen LogP contribution in [0.3, 0.4) is 0 Å². The van der Waals surface area contributed by atoms with Crippen LogP contribution in [0, 0.1) is 5.92 Å². The minimum Gasteiger partial charge on any atom is -0.493 e. The van der Waals surface area contributed by atoms with E-state index >= 15 is 0 Å². The minimum absolute atomic E-state index is 0.175. The number of aromatic nitrogens is 2. The Kier molecular flexibility index (Phi) is 7.12. The van der Waals surface area contributed by atoms with E-state index in [2.05, 4.69) is 24.0 Å². The first-order valence-electron chi connectivity index (χ1n) is 10.4. The lowest BCUT2D eigenvalue weighted by Gasteiger charge is -2.30. The van der Waals surface area contributed by atoms with Crippen LogP contribution in [0.15, 0.2) is 22.7 Å². The van der Waals surface area contributed by atoms with Crippen molar-refractivity contribution in [2.24, 2.45) is 5.92 Å². The van der Waals surface area contributed by atoms with Gasteiger partial charge in [-0.1, -0.05) is 24.9 Å². The maximum Gasteiger partial charge on any atom is 0.228 e. The summed E-state index contributed by atoms with van der Waals surface area (Å²) in [6.45, 7) is 4.81. The SMILES string of the molecule is CCC(C)N(CCc1nc(-c2ccc(OC)c(OC)c2)no1)C(=O)C1CCCC1. The van der Waals surface area contributed by atoms with Gasteiger partial charge in [0.25, 0.3) is 0 Å². The van der Waals surface area contributed by atoms with Crippen molar-refractivity contribution in [2.75, 3.05) is 20.8 Å². The molecule has 0 radical (unpaired) electrons. The highest BCUT2D eigenvalue weighted by Crippen LogP contribution is 2.31. The number of nitrogens with zero attached hydrogens (tertiary/aromatic N) is 3. The average Bonchev–Trinajstić information content (AvgIpc) is 3.45. The third-order valence-corrected chi connectivity index (χ3v) is 5.79. The lowest BCUT2D eigenvalue weighted by molar-refractivity contribution is -0.137. The molecule has 1 aromatic heterocycles. The zero-order valence-electron chi connectivity index (χ0n) is 17.8. The molecule has 1 unspecified atom stereocenters. The van der Waals surface area contributed by atoms with E-state index in [1.54, 1.807) is 14.2 Å². The van der Waals surface area contributed by atoms with Gasteiger partial charge in [-0.3, -0.25) is 4.79 Å². The van der Waals surface area contributed by atoms with Crippen LogP contribution in [0.4, 0.5) is 0 Å². The molecule has 0 saturated heterocycles. The molecule has 1 amide bonds. The predicted octanol–water partition coefficient (Wildman–Crippen LogP) is 4.11. The molecule has 0 spiro atoms. The number of rotatable bonds is 9. The second-order valence-electron chi connectivity index (χ2n) is 7.60. The lowest BCUT2D eigenvalue weighted by Crippen LogP contribution is -2.42. The number of carbonyl (C=O) groups is 1. The molecular weight excluding hydrogens is 370 g/mol. The van der Waals surface area contributed by atoms with E-state index < -0.39 is 0 Å². The number of hydrogen-bond donors (Lipinski definition) is 0. The van der Waals surface area contributed by atoms with Gasteiger partial charge >= 0.3 is 0 Å². The first-order valence-corrected chi connectivity index (χ1v) is 10.4. The Morgan fingerprint density at radius 3 is 2.62 bits per heavy atom. The highest BCUT2D eigenvalue weighted by Gasteiger charge is 2.29. The summed E-state index contributed by atoms with van der Waals surface area (Å²) in [6, 6.07) is 5.71. The van der Waals surface area contributed by atoms with Crippen LogP contribution in [-0.2, 0) is 11.2 Å². The van der Waals surface area contributed by atoms with Crippen LogP contribution < -0.4 is 9.47 Å². The largest absolute Gasteiger partial charge is 0.493 e. The van der Waals surface area contributed by atoms with Gasteiger partial charge in [0.15, 0.2) is 11.5 Å². The highest BCUT2D eigenvalue weighted by molar-refractivity contribution is 5.79. The smallest absolute Gasteiger partial charge is 0.228 e. The molecule has 1 aliphatic carbocycles. The average molecular weight is 402 g/mol. The number of hydrogen-bond acceptors (Lipinski definition) is 6. The van der Waals surface area contributed by atoms with Gasteiger partial charge in [0, 0.05) is 30.5 Å². The molecule has 29 heavy (non-hydrogen) atoms. The number of carbonyl (C=O) groups excluding carboxylic acids is 1. The lowest BCUT2D eigenvalue weighted by atomic mass is 10.0. The van der Waals surface area contributed by atoms with Crippen molar-refractivity contribution in [2.45, 2.75) is 58.4 Å². The predicted molar refractivity (Wildman–Crippen MR) is 110 cm³/mol. The van der Waals surface area contributed by atoms with Crippen molar-refractivity contribution >= 4 is 5.91 Å². The number of amides is 1. The van der Waals surface area contributed by atoms with Gasteiger partial charge in [0.05, 0.1) is 14.2 Å². The molecular formula is C22H31N3O4. The normalized spacial score (nSPS) is 15.3. The first kappa shape index (κ1) is 21.1. The molecule has 0 bridgehead atoms. The Hall–Kier alpha value is -2.57. The van der Waals surface area contributed by atoms with E-state index in [-0.39, 0.29) is 17.9 Å². The summed E-state index contributed by atoms with van der Waals surface area (Å²) in [5.41, 5.74) is 0.790. The van der Waals surface area contributed by atoms with E-state index in [9.17, 15) is 4.79 Å². The van der Waals surface area contributed by atoms with Crippen molar-refractivity contribution < 1.29 is 18.8 Å². The molecule has 1 aliphatic rings. The van der Waals surface area contributed by atoms with Gasteiger partial charge in [-0.2, -0.15) is 4.98 Å². The van der Waals surface area contributed by atoms with Crippen LogP contribution in [-0.4, -0.2) is 47.8 Å². The van der Waals surface area contributed by atoms with E-state index in [1.165, 1.54) is 0 Å². The quantitative estimate of drug-likeness (QED) is 0.629. The molecule has 1 saturated carbocycles. The van der Waals surface area contributed by atoms with Crippen molar-refractivity contribution in [3.63, 3.8) is 0 Å². The fourth-order valence-corrected chi connectivity index (χ4v) is 3.84. The zero-order valence-corrected chi connectivity index (χ0v) is 17.8. The molecule has 7 heteroatoms. The molecule has 1 atom stereocenters. The molecule has 2 aromatic rings. The summed E-state index contributed by atoms with van der Waals surface area (Å²) in [7, 11) is 3.19. The van der Waals surface area contributed by atoms with Gasteiger partial charge < -0.3 is 18.9 Å². The van der Waals surface area contributed by atoms with Crippen LogP contribution in [0.1, 0.15) is 51.8 Å². The van der Waals surface area contributed by atoms with Crippen molar-refractivity contribution in [3.8, 4) is 22.9 Å². The Morgan fingerprint density at radius 1 is 1.24 bits per heavy atom. The van der Waals surface area contributed by atoms with E-state index in [0.717, 1.165) is 37.7 Å². The number of benzene rings is 1. The molecule has 0 N–H and O–H groups in total. The van der Waals surface area contributed by atoms with Crippen molar-refractivity contribution in [3.05, 3.63) is 24.1 Å². The fourth-order valence-electron chi connectivity index (χ4n) is 3.84. The number of ether oxygens (including phenoxy) is 2. The van der Waals surface area contributed by atoms with Gasteiger partial charge in [-0.05, 0) is 44.4 Å². The fraction of sp³-hybridized carbons (Fsp3) is 0.591. The van der Waals surface area contributed by atoms with Crippen LogP contribution in [0.25, 0.3) is 11.4 Å². The van der Waals surface area contributed by atoms with E-state index in [0.29, 0.717) is 36.2 Å². The molecule has 3 rings (SSSR count). The second kappa shape index (κ2) is 9.76. The summed E-state index contributed by atoms with van der Waals surface area (Å²) in [4.78, 5) is 19.5. The monoisotopic (exact) mass is 401 g/mol. The standard InChI is InChI=1S/C22H31N3O4/c1-5-15(2)25(22(26)16-8-6-7-9-16)13-12-20-23-21(24-29-20)17-10-11-18(27-3)19(14-17)28-4/h10-11,14-16H,5-9,12-13H2,1-4H3. The number of methoxy groups -OCH3 is 2. The summed E-state index contributed by atoms with van der Waals surface area (Å²) in [5.74, 6) is 2.74. The molecule has 1 fully saturated rings. The Morgan fingerprint density at radius 2 is 1.97 bits per heavy atom. The van der Waals surface area contributed by atoms with Crippen molar-refractivity contribution in [1.29, 1.82) is 0 Å². The van der Waals surface area contributed by atoms with Crippen molar-refractivity contribution in [1.82, 2.24) is 15.0 Å². The maximum atomic E-state index is 13.0. The summed E-state index contributed by atoms with van der Waals surface area (Å²) in [5, 5.41) is 4.10. The molecule has 7 nitrogen and oxygen atoms in total. The Bertz CT molecular complexity index is 814. The van der Waals surface area contributed by atoms with Gasteiger partial charge in [0.1, 0.15) is 0 Å². The van der Waals surface area contributed by atoms with Gasteiger partial charge in [-0.25, -0.2) is 0 Å². The molecule has 1 heterocycles. The second-order valence-corrected chi connectivity index (χ2v) is 7.60. The zero-order chi connectivity index (χ0) is 20.8. The first-order chi connectivity index (χ1) is 14.1. The third-order valence-electron chi connectivity index (χ3n) is 5.79. The van der Waals surface area contributed by atoms with Crippen LogP contribution in [0.2, 0.25) is 0 Å². The van der Waals surface area contributed by atoms with Crippen LogP contribution >= 0.6 is 0 Å². The molecule has 0 aliphatic heterocycles. The molecule has 1 aromatic carbocycles. The minimum atomic E-state index is 0.175. The van der Waals surface area contributed by atoms with E-state index in [4.69, 9.17) is 14.0 Å². The Balaban J connectivity index is 1.69. The topological polar surface area (TPSA) is 77.7 Å². The summed E-state index contributed by atoms with van der Waals surface area (Å²) < 4.78 is 16.1. The van der Waals surface area contributed by atoms with Crippen LogP contribution in [0.5, 0.6) is 11.5 Å². The highest BCUT2D eigenvalue weighted by atomic mass is 16.5. The Labute approximate surface area is 172 Å². The summed E-state index contributed by atoms with van der Waals surface area (Å²) in [6.07, 6.45) is 5.81. The van der Waals surface area contributed by atoms with E-state index in [1.807, 2.05) is 23.1 Å². The summed E-state index contributed by atoms with van der Waals surface area (Å²) >= 11 is 0. The van der Waals surface area contributed by atoms with Gasteiger partial charge in [-0.15, -0.1) is 0 Å².